The molecule has 2 rings (SSSR count). The molecular weight excluding hydrogens is 454 g/mol. The molecule has 1 aliphatic rings. The Kier molecular flexibility index (Phi) is 12.1. The Bertz CT molecular complexity index is 857. The number of para-hydroxylation sites is 1. The minimum Gasteiger partial charge on any atom is -0.391 e. The van der Waals surface area contributed by atoms with Gasteiger partial charge in [0.25, 0.3) is 0 Å². The largest absolute Gasteiger partial charge is 0.391 e. The van der Waals surface area contributed by atoms with Crippen LogP contribution < -0.4 is 16.0 Å². The fourth-order valence-corrected chi connectivity index (χ4v) is 4.90. The Labute approximate surface area is 217 Å². The third-order valence-corrected chi connectivity index (χ3v) is 6.91. The van der Waals surface area contributed by atoms with Crippen LogP contribution in [-0.4, -0.2) is 55.4 Å². The molecule has 1 unspecified atom stereocenters. The molecule has 202 valence electrons. The summed E-state index contributed by atoms with van der Waals surface area (Å²) < 4.78 is 5.69. The van der Waals surface area contributed by atoms with Gasteiger partial charge in [-0.1, -0.05) is 58.4 Å². The molecule has 2 amide bonds. The van der Waals surface area contributed by atoms with Crippen LogP contribution in [0.5, 0.6) is 0 Å². The van der Waals surface area contributed by atoms with E-state index in [1.54, 1.807) is 6.08 Å². The summed E-state index contributed by atoms with van der Waals surface area (Å²) in [6.07, 6.45) is 4.85. The molecule has 1 aromatic rings. The van der Waals surface area contributed by atoms with E-state index in [-0.39, 0.29) is 23.7 Å². The second kappa shape index (κ2) is 14.5. The molecule has 4 atom stereocenters. The molecule has 4 N–H and O–H groups in total. The third kappa shape index (κ3) is 9.34. The van der Waals surface area contributed by atoms with Crippen LogP contribution in [-0.2, 0) is 20.7 Å². The van der Waals surface area contributed by atoms with E-state index in [0.29, 0.717) is 45.6 Å². The van der Waals surface area contributed by atoms with E-state index in [2.05, 4.69) is 24.9 Å². The zero-order valence-corrected chi connectivity index (χ0v) is 22.7. The Morgan fingerprint density at radius 3 is 2.78 bits per heavy atom. The number of unbranched alkanes of at least 4 members (excludes halogenated alkanes) is 1. The first-order chi connectivity index (χ1) is 17.1. The SMILES string of the molecule is C=CCOCC1Cc2ccccc2N(C(=O)CC(C)(C)C[C@H](N)[C@@H](O)C[C@@H](C)C(=O)NCCCC)C1. The molecular formula is C29H47N3O4. The van der Waals surface area contributed by atoms with Gasteiger partial charge in [0.15, 0.2) is 0 Å². The van der Waals surface area contributed by atoms with Gasteiger partial charge in [0.2, 0.25) is 11.8 Å². The van der Waals surface area contributed by atoms with E-state index in [1.807, 2.05) is 43.9 Å². The van der Waals surface area contributed by atoms with Crippen LogP contribution >= 0.6 is 0 Å². The van der Waals surface area contributed by atoms with Crippen molar-refractivity contribution in [2.45, 2.75) is 78.4 Å². The quantitative estimate of drug-likeness (QED) is 0.250. The second-order valence-electron chi connectivity index (χ2n) is 11.1. The summed E-state index contributed by atoms with van der Waals surface area (Å²) in [7, 11) is 0. The molecule has 7 nitrogen and oxygen atoms in total. The average Bonchev–Trinajstić information content (AvgIpc) is 2.83. The summed E-state index contributed by atoms with van der Waals surface area (Å²) >= 11 is 0. The van der Waals surface area contributed by atoms with E-state index in [1.165, 1.54) is 0 Å². The van der Waals surface area contributed by atoms with Gasteiger partial charge in [-0.15, -0.1) is 6.58 Å². The van der Waals surface area contributed by atoms with Gasteiger partial charge in [0, 0.05) is 43.1 Å². The summed E-state index contributed by atoms with van der Waals surface area (Å²) in [5.41, 5.74) is 8.07. The van der Waals surface area contributed by atoms with Crippen molar-refractivity contribution in [3.05, 3.63) is 42.5 Å². The van der Waals surface area contributed by atoms with Gasteiger partial charge in [-0.25, -0.2) is 0 Å². The minimum absolute atomic E-state index is 0.0474. The molecule has 0 aliphatic carbocycles. The molecule has 1 heterocycles. The Balaban J connectivity index is 1.96. The number of fused-ring (bicyclic) bond motifs is 1. The Morgan fingerprint density at radius 2 is 2.08 bits per heavy atom. The summed E-state index contributed by atoms with van der Waals surface area (Å²) in [6.45, 7) is 14.0. The Morgan fingerprint density at radius 1 is 1.36 bits per heavy atom. The van der Waals surface area contributed by atoms with Crippen LogP contribution in [0.15, 0.2) is 36.9 Å². The number of hydrogen-bond donors (Lipinski definition) is 3. The number of aliphatic hydroxyl groups excluding tert-OH is 1. The molecule has 7 heteroatoms. The summed E-state index contributed by atoms with van der Waals surface area (Å²) in [5.74, 6) is -0.107. The van der Waals surface area contributed by atoms with Gasteiger partial charge < -0.3 is 25.8 Å². The maximum absolute atomic E-state index is 13.5. The topological polar surface area (TPSA) is 105 Å². The third-order valence-electron chi connectivity index (χ3n) is 6.91. The van der Waals surface area contributed by atoms with Crippen molar-refractivity contribution in [1.82, 2.24) is 5.32 Å². The van der Waals surface area contributed by atoms with Crippen LogP contribution in [0.2, 0.25) is 0 Å². The number of nitrogens with zero attached hydrogens (tertiary/aromatic N) is 1. The summed E-state index contributed by atoms with van der Waals surface area (Å²) in [4.78, 5) is 27.7. The van der Waals surface area contributed by atoms with Crippen molar-refractivity contribution in [2.75, 3.05) is 31.2 Å². The van der Waals surface area contributed by atoms with E-state index < -0.39 is 17.6 Å². The molecule has 0 aromatic heterocycles. The highest BCUT2D eigenvalue weighted by atomic mass is 16.5. The smallest absolute Gasteiger partial charge is 0.227 e. The zero-order chi connectivity index (χ0) is 26.7. The first-order valence-electron chi connectivity index (χ1n) is 13.4. The van der Waals surface area contributed by atoms with Gasteiger partial charge in [-0.2, -0.15) is 0 Å². The van der Waals surface area contributed by atoms with Crippen molar-refractivity contribution in [1.29, 1.82) is 0 Å². The normalized spacial score (nSPS) is 18.2. The van der Waals surface area contributed by atoms with Crippen molar-refractivity contribution in [2.24, 2.45) is 23.0 Å². The molecule has 0 radical (unpaired) electrons. The first-order valence-corrected chi connectivity index (χ1v) is 13.4. The summed E-state index contributed by atoms with van der Waals surface area (Å²) in [6, 6.07) is 7.52. The highest BCUT2D eigenvalue weighted by molar-refractivity contribution is 5.95. The maximum atomic E-state index is 13.5. The lowest BCUT2D eigenvalue weighted by Gasteiger charge is -2.37. The Hall–Kier alpha value is -2.22. The maximum Gasteiger partial charge on any atom is 0.227 e. The lowest BCUT2D eigenvalue weighted by atomic mass is 9.79. The number of aliphatic hydroxyl groups is 1. The minimum atomic E-state index is -0.812. The first kappa shape index (κ1) is 30.0. The van der Waals surface area contributed by atoms with E-state index >= 15 is 0 Å². The second-order valence-corrected chi connectivity index (χ2v) is 11.1. The number of hydrogen-bond acceptors (Lipinski definition) is 5. The fraction of sp³-hybridized carbons (Fsp3) is 0.655. The molecule has 1 aromatic carbocycles. The number of carbonyl (C=O) groups is 2. The van der Waals surface area contributed by atoms with E-state index in [0.717, 1.165) is 30.5 Å². The van der Waals surface area contributed by atoms with Crippen LogP contribution in [0.3, 0.4) is 0 Å². The lowest BCUT2D eigenvalue weighted by Crippen LogP contribution is -2.45. The van der Waals surface area contributed by atoms with Gasteiger partial charge in [-0.05, 0) is 42.7 Å². The number of anilines is 1. The molecule has 0 bridgehead atoms. The average molecular weight is 502 g/mol. The number of nitrogens with one attached hydrogen (secondary N) is 1. The highest BCUT2D eigenvalue weighted by Crippen LogP contribution is 2.34. The van der Waals surface area contributed by atoms with Crippen molar-refractivity contribution in [3.63, 3.8) is 0 Å². The van der Waals surface area contributed by atoms with Crippen LogP contribution in [0, 0.1) is 17.3 Å². The number of benzene rings is 1. The van der Waals surface area contributed by atoms with Gasteiger partial charge in [-0.3, -0.25) is 9.59 Å². The molecule has 0 saturated carbocycles. The molecule has 36 heavy (non-hydrogen) atoms. The predicted molar refractivity (Wildman–Crippen MR) is 146 cm³/mol. The lowest BCUT2D eigenvalue weighted by molar-refractivity contribution is -0.125. The van der Waals surface area contributed by atoms with Crippen molar-refractivity contribution >= 4 is 17.5 Å². The summed E-state index contributed by atoms with van der Waals surface area (Å²) in [5, 5.41) is 13.6. The van der Waals surface area contributed by atoms with Crippen LogP contribution in [0.4, 0.5) is 5.69 Å². The predicted octanol–water partition coefficient (Wildman–Crippen LogP) is 3.83. The van der Waals surface area contributed by atoms with Crippen molar-refractivity contribution in [3.8, 4) is 0 Å². The molecule has 1 aliphatic heterocycles. The standard InChI is InChI=1S/C29H47N3O4/c1-6-8-13-31-28(35)21(3)15-26(33)24(30)17-29(4,5)18-27(34)32-19-22(20-36-14-7-2)16-23-11-9-10-12-25(23)32/h7,9-12,21-22,24,26,33H,2,6,8,13-20,30H2,1,3-5H3,(H,31,35)/t21-,22?,24+,26+/m1/s1. The number of carbonyl (C=O) groups excluding carboxylic acids is 2. The zero-order valence-electron chi connectivity index (χ0n) is 22.7. The number of rotatable bonds is 15. The van der Waals surface area contributed by atoms with Gasteiger partial charge in [0.05, 0.1) is 19.3 Å². The van der Waals surface area contributed by atoms with Gasteiger partial charge in [0.1, 0.15) is 0 Å². The fourth-order valence-electron chi connectivity index (χ4n) is 4.90. The number of nitrogens with two attached hydrogens (primary N) is 1. The van der Waals surface area contributed by atoms with Crippen LogP contribution in [0.1, 0.15) is 65.4 Å². The molecule has 0 fully saturated rings. The molecule has 0 spiro atoms. The van der Waals surface area contributed by atoms with Gasteiger partial charge >= 0.3 is 0 Å². The highest BCUT2D eigenvalue weighted by Gasteiger charge is 2.34. The van der Waals surface area contributed by atoms with E-state index in [9.17, 15) is 14.7 Å². The monoisotopic (exact) mass is 501 g/mol. The van der Waals surface area contributed by atoms with Crippen LogP contribution in [0.25, 0.3) is 0 Å². The number of amides is 2. The van der Waals surface area contributed by atoms with Crippen molar-refractivity contribution < 1.29 is 19.4 Å². The number of ether oxygens (including phenoxy) is 1. The molecule has 0 saturated heterocycles. The van der Waals surface area contributed by atoms with E-state index in [4.69, 9.17) is 10.5 Å².